The van der Waals surface area contributed by atoms with Crippen molar-refractivity contribution in [3.63, 3.8) is 0 Å². The molecule has 1 N–H and O–H groups in total. The van der Waals surface area contributed by atoms with Crippen LogP contribution < -0.4 is 5.32 Å². The van der Waals surface area contributed by atoms with Gasteiger partial charge in [-0.05, 0) is 12.8 Å². The van der Waals surface area contributed by atoms with Crippen molar-refractivity contribution in [2.75, 3.05) is 13.2 Å². The topological polar surface area (TPSA) is 99.5 Å². The molecule has 110 valence electrons. The molecule has 1 aliphatic heterocycles. The van der Waals surface area contributed by atoms with Crippen LogP contribution in [-0.4, -0.2) is 41.5 Å². The molecule has 20 heavy (non-hydrogen) atoms. The summed E-state index contributed by atoms with van der Waals surface area (Å²) in [5.74, 6) is -1.15. The third-order valence-electron chi connectivity index (χ3n) is 3.18. The van der Waals surface area contributed by atoms with Gasteiger partial charge < -0.3 is 10.1 Å². The number of carbonyl (C=O) groups excluding carboxylic acids is 3. The van der Waals surface area contributed by atoms with Crippen molar-refractivity contribution in [1.82, 2.24) is 10.2 Å². The monoisotopic (exact) mass is 281 g/mol. The Bertz CT molecular complexity index is 435. The maximum atomic E-state index is 12.4. The zero-order valence-electron chi connectivity index (χ0n) is 11.8. The SMILES string of the molecule is CCCC1(CCC)NC(=O)N(CC(=O)OCC#N)C1=O. The summed E-state index contributed by atoms with van der Waals surface area (Å²) in [7, 11) is 0. The number of urea groups is 1. The average molecular weight is 281 g/mol. The average Bonchev–Trinajstić information content (AvgIpc) is 2.62. The van der Waals surface area contributed by atoms with E-state index in [-0.39, 0.29) is 5.91 Å². The lowest BCUT2D eigenvalue weighted by atomic mass is 9.88. The molecule has 0 bridgehead atoms. The summed E-state index contributed by atoms with van der Waals surface area (Å²) in [6.45, 7) is 3.01. The van der Waals surface area contributed by atoms with Crippen molar-refractivity contribution < 1.29 is 19.1 Å². The van der Waals surface area contributed by atoms with Gasteiger partial charge in [-0.2, -0.15) is 5.26 Å². The van der Waals surface area contributed by atoms with Gasteiger partial charge in [0.25, 0.3) is 5.91 Å². The van der Waals surface area contributed by atoms with Gasteiger partial charge in [-0.15, -0.1) is 0 Å². The van der Waals surface area contributed by atoms with E-state index >= 15 is 0 Å². The molecule has 0 aromatic carbocycles. The second-order valence-electron chi connectivity index (χ2n) is 4.72. The molecule has 0 aromatic rings. The number of nitrogens with zero attached hydrogens (tertiary/aromatic N) is 2. The van der Waals surface area contributed by atoms with Crippen LogP contribution in [0.25, 0.3) is 0 Å². The highest BCUT2D eigenvalue weighted by molar-refractivity contribution is 6.08. The van der Waals surface area contributed by atoms with Gasteiger partial charge in [0.05, 0.1) is 0 Å². The lowest BCUT2D eigenvalue weighted by Gasteiger charge is -2.25. The number of esters is 1. The highest BCUT2D eigenvalue weighted by Gasteiger charge is 2.50. The van der Waals surface area contributed by atoms with E-state index in [9.17, 15) is 14.4 Å². The normalized spacial score (nSPS) is 16.8. The van der Waals surface area contributed by atoms with Crippen LogP contribution in [0.3, 0.4) is 0 Å². The molecule has 0 saturated carbocycles. The quantitative estimate of drug-likeness (QED) is 0.553. The van der Waals surface area contributed by atoms with Gasteiger partial charge in [0, 0.05) is 0 Å². The summed E-state index contributed by atoms with van der Waals surface area (Å²) in [6, 6.07) is 1.08. The van der Waals surface area contributed by atoms with Crippen molar-refractivity contribution in [1.29, 1.82) is 5.26 Å². The molecule has 1 aliphatic rings. The molecule has 3 amide bonds. The minimum absolute atomic E-state index is 0.389. The lowest BCUT2D eigenvalue weighted by Crippen LogP contribution is -2.47. The summed E-state index contributed by atoms with van der Waals surface area (Å²) < 4.78 is 4.56. The molecular weight excluding hydrogens is 262 g/mol. The molecule has 1 fully saturated rings. The van der Waals surface area contributed by atoms with Crippen LogP contribution in [0.2, 0.25) is 0 Å². The van der Waals surface area contributed by atoms with Gasteiger partial charge >= 0.3 is 12.0 Å². The van der Waals surface area contributed by atoms with Gasteiger partial charge in [-0.3, -0.25) is 14.5 Å². The first kappa shape index (κ1) is 16.0. The molecule has 7 heteroatoms. The van der Waals surface area contributed by atoms with Gasteiger partial charge in [-0.25, -0.2) is 4.79 Å². The van der Waals surface area contributed by atoms with E-state index < -0.39 is 30.7 Å². The van der Waals surface area contributed by atoms with E-state index in [2.05, 4.69) is 10.1 Å². The number of ether oxygens (including phenoxy) is 1. The Labute approximate surface area is 117 Å². The third kappa shape index (κ3) is 3.26. The second kappa shape index (κ2) is 6.89. The number of carbonyl (C=O) groups is 3. The Morgan fingerprint density at radius 2 is 1.95 bits per heavy atom. The number of hydrogen-bond acceptors (Lipinski definition) is 5. The van der Waals surface area contributed by atoms with E-state index in [4.69, 9.17) is 5.26 Å². The van der Waals surface area contributed by atoms with Crippen LogP contribution in [0.5, 0.6) is 0 Å². The highest BCUT2D eigenvalue weighted by Crippen LogP contribution is 2.27. The molecule has 0 spiro atoms. The molecule has 1 saturated heterocycles. The van der Waals surface area contributed by atoms with Crippen LogP contribution in [0, 0.1) is 11.3 Å². The maximum Gasteiger partial charge on any atom is 0.327 e. The fourth-order valence-electron chi connectivity index (χ4n) is 2.42. The Morgan fingerprint density at radius 1 is 1.35 bits per heavy atom. The first-order valence-electron chi connectivity index (χ1n) is 6.67. The first-order valence-corrected chi connectivity index (χ1v) is 6.67. The number of hydrogen-bond donors (Lipinski definition) is 1. The van der Waals surface area contributed by atoms with Crippen LogP contribution >= 0.6 is 0 Å². The third-order valence-corrected chi connectivity index (χ3v) is 3.18. The Hall–Kier alpha value is -2.10. The largest absolute Gasteiger partial charge is 0.449 e. The van der Waals surface area contributed by atoms with Gasteiger partial charge in [-0.1, -0.05) is 26.7 Å². The molecule has 1 rings (SSSR count). The molecule has 0 atom stereocenters. The molecule has 7 nitrogen and oxygen atoms in total. The van der Waals surface area contributed by atoms with Gasteiger partial charge in [0.15, 0.2) is 6.61 Å². The smallest absolute Gasteiger partial charge is 0.327 e. The van der Waals surface area contributed by atoms with Crippen LogP contribution in [0.15, 0.2) is 0 Å². The van der Waals surface area contributed by atoms with Gasteiger partial charge in [0.1, 0.15) is 18.2 Å². The number of nitrogens with one attached hydrogen (secondary N) is 1. The Balaban J connectivity index is 2.80. The van der Waals surface area contributed by atoms with Crippen molar-refractivity contribution in [3.8, 4) is 6.07 Å². The summed E-state index contributed by atoms with van der Waals surface area (Å²) in [4.78, 5) is 36.6. The predicted molar refractivity (Wildman–Crippen MR) is 69.4 cm³/mol. The zero-order valence-corrected chi connectivity index (χ0v) is 11.8. The lowest BCUT2D eigenvalue weighted by molar-refractivity contribution is -0.146. The van der Waals surface area contributed by atoms with E-state index in [1.165, 1.54) is 0 Å². The molecule has 0 unspecified atom stereocenters. The number of amides is 3. The van der Waals surface area contributed by atoms with Crippen LogP contribution in [0.4, 0.5) is 4.79 Å². The summed E-state index contributed by atoms with van der Waals surface area (Å²) in [5, 5.41) is 11.0. The van der Waals surface area contributed by atoms with Crippen LogP contribution in [-0.2, 0) is 14.3 Å². The minimum Gasteiger partial charge on any atom is -0.449 e. The van der Waals surface area contributed by atoms with Crippen molar-refractivity contribution in [2.24, 2.45) is 0 Å². The van der Waals surface area contributed by atoms with Crippen molar-refractivity contribution in [2.45, 2.75) is 45.1 Å². The van der Waals surface area contributed by atoms with E-state index in [0.717, 1.165) is 17.7 Å². The molecule has 0 aromatic heterocycles. The predicted octanol–water partition coefficient (Wildman–Crippen LogP) is 0.944. The van der Waals surface area contributed by atoms with Crippen molar-refractivity contribution in [3.05, 3.63) is 0 Å². The number of rotatable bonds is 7. The fourth-order valence-corrected chi connectivity index (χ4v) is 2.42. The molecule has 0 radical (unpaired) electrons. The Kier molecular flexibility index (Phi) is 5.50. The van der Waals surface area contributed by atoms with E-state index in [1.807, 2.05) is 13.8 Å². The van der Waals surface area contributed by atoms with Crippen molar-refractivity contribution >= 4 is 17.9 Å². The Morgan fingerprint density at radius 3 is 2.45 bits per heavy atom. The minimum atomic E-state index is -0.907. The second-order valence-corrected chi connectivity index (χ2v) is 4.72. The molecular formula is C13H19N3O4. The highest BCUT2D eigenvalue weighted by atomic mass is 16.5. The zero-order chi connectivity index (χ0) is 15.2. The molecule has 0 aliphatic carbocycles. The fraction of sp³-hybridized carbons (Fsp3) is 0.692. The maximum absolute atomic E-state index is 12.4. The standard InChI is InChI=1S/C13H19N3O4/c1-3-5-13(6-4-2)11(18)16(12(19)15-13)9-10(17)20-8-7-14/h3-6,8-9H2,1-2H3,(H,15,19). The number of nitriles is 1. The van der Waals surface area contributed by atoms with E-state index in [1.54, 1.807) is 6.07 Å². The van der Waals surface area contributed by atoms with Crippen LogP contribution in [0.1, 0.15) is 39.5 Å². The summed E-state index contributed by atoms with van der Waals surface area (Å²) in [5.41, 5.74) is -0.907. The van der Waals surface area contributed by atoms with E-state index in [0.29, 0.717) is 12.8 Å². The first-order chi connectivity index (χ1) is 9.50. The molecule has 1 heterocycles. The summed E-state index contributed by atoms with van der Waals surface area (Å²) >= 11 is 0. The number of imide groups is 1. The van der Waals surface area contributed by atoms with Gasteiger partial charge in [0.2, 0.25) is 0 Å². The summed E-state index contributed by atoms with van der Waals surface area (Å²) in [6.07, 6.45) is 2.57.